The van der Waals surface area contributed by atoms with E-state index in [1.165, 1.54) is 5.56 Å². The second kappa shape index (κ2) is 5.97. The molecule has 0 aliphatic heterocycles. The Morgan fingerprint density at radius 1 is 1.32 bits per heavy atom. The Hall–Kier alpha value is -1.68. The predicted molar refractivity (Wildman–Crippen MR) is 80.5 cm³/mol. The second-order valence-corrected chi connectivity index (χ2v) is 5.36. The van der Waals surface area contributed by atoms with Gasteiger partial charge in [-0.2, -0.15) is 0 Å². The molecule has 4 heteroatoms. The molecule has 2 aromatic rings. The molecular weight excluding hydrogens is 304 g/mol. The lowest BCUT2D eigenvalue weighted by Gasteiger charge is -2.18. The lowest BCUT2D eigenvalue weighted by molar-refractivity contribution is 0.101. The first kappa shape index (κ1) is 13.7. The van der Waals surface area contributed by atoms with Crippen molar-refractivity contribution in [1.29, 1.82) is 0 Å². The van der Waals surface area contributed by atoms with E-state index in [-0.39, 0.29) is 5.78 Å². The molecule has 3 nitrogen and oxygen atoms in total. The summed E-state index contributed by atoms with van der Waals surface area (Å²) in [5.41, 5.74) is 1.84. The summed E-state index contributed by atoms with van der Waals surface area (Å²) in [5, 5.41) is 0. The molecule has 0 aliphatic carbocycles. The Balaban J connectivity index is 2.11. The number of pyridine rings is 1. The summed E-state index contributed by atoms with van der Waals surface area (Å²) in [6, 6.07) is 11.9. The minimum atomic E-state index is 0.0358. The van der Waals surface area contributed by atoms with Crippen molar-refractivity contribution in [2.24, 2.45) is 0 Å². The van der Waals surface area contributed by atoms with E-state index < -0.39 is 0 Å². The molecule has 19 heavy (non-hydrogen) atoms. The van der Waals surface area contributed by atoms with Crippen molar-refractivity contribution in [3.05, 3.63) is 58.2 Å². The topological polar surface area (TPSA) is 33.2 Å². The third-order valence-electron chi connectivity index (χ3n) is 2.85. The molecular formula is C15H15BrN2O. The number of halogens is 1. The molecule has 0 N–H and O–H groups in total. The van der Waals surface area contributed by atoms with E-state index >= 15 is 0 Å². The summed E-state index contributed by atoms with van der Waals surface area (Å²) in [7, 11) is 1.98. The summed E-state index contributed by atoms with van der Waals surface area (Å²) in [5.74, 6) is 0.888. The normalized spacial score (nSPS) is 10.3. The van der Waals surface area contributed by atoms with Crippen LogP contribution in [0.2, 0.25) is 0 Å². The number of benzene rings is 1. The summed E-state index contributed by atoms with van der Waals surface area (Å²) in [6.45, 7) is 2.31. The van der Waals surface area contributed by atoms with Crippen LogP contribution in [-0.2, 0) is 6.54 Å². The zero-order valence-corrected chi connectivity index (χ0v) is 12.5. The van der Waals surface area contributed by atoms with Gasteiger partial charge in [0.05, 0.1) is 0 Å². The van der Waals surface area contributed by atoms with E-state index in [2.05, 4.69) is 33.0 Å². The van der Waals surface area contributed by atoms with Gasteiger partial charge in [0.2, 0.25) is 0 Å². The number of anilines is 1. The van der Waals surface area contributed by atoms with E-state index in [4.69, 9.17) is 0 Å². The first-order chi connectivity index (χ1) is 9.06. The summed E-state index contributed by atoms with van der Waals surface area (Å²) >= 11 is 3.46. The molecule has 0 saturated carbocycles. The molecule has 0 amide bonds. The molecule has 1 aromatic carbocycles. The van der Waals surface area contributed by atoms with Gasteiger partial charge in [-0.1, -0.05) is 28.1 Å². The van der Waals surface area contributed by atoms with Crippen molar-refractivity contribution in [2.45, 2.75) is 13.5 Å². The van der Waals surface area contributed by atoms with Gasteiger partial charge in [0, 0.05) is 29.8 Å². The maximum Gasteiger partial charge on any atom is 0.161 e. The molecule has 0 aliphatic rings. The lowest BCUT2D eigenvalue weighted by Crippen LogP contribution is -2.17. The molecule has 0 saturated heterocycles. The standard InChI is InChI=1S/C15H15BrN2O/c1-11(19)13-6-7-15(17-9-13)18(2)10-12-4-3-5-14(16)8-12/h3-9H,10H2,1-2H3. The number of hydrogen-bond donors (Lipinski definition) is 0. The summed E-state index contributed by atoms with van der Waals surface area (Å²) < 4.78 is 1.07. The number of aromatic nitrogens is 1. The number of nitrogens with zero attached hydrogens (tertiary/aromatic N) is 2. The maximum atomic E-state index is 11.2. The van der Waals surface area contributed by atoms with E-state index in [1.807, 2.05) is 36.2 Å². The van der Waals surface area contributed by atoms with Gasteiger partial charge in [0.15, 0.2) is 5.78 Å². The Kier molecular flexibility index (Phi) is 4.32. The maximum absolute atomic E-state index is 11.2. The Morgan fingerprint density at radius 2 is 2.11 bits per heavy atom. The van der Waals surface area contributed by atoms with Crippen LogP contribution in [0, 0.1) is 0 Å². The van der Waals surface area contributed by atoms with Crippen LogP contribution in [0.15, 0.2) is 47.1 Å². The first-order valence-corrected chi connectivity index (χ1v) is 6.78. The van der Waals surface area contributed by atoms with Crippen LogP contribution >= 0.6 is 15.9 Å². The quantitative estimate of drug-likeness (QED) is 0.806. The van der Waals surface area contributed by atoms with Crippen LogP contribution in [0.1, 0.15) is 22.8 Å². The molecule has 0 radical (unpaired) electrons. The molecule has 0 spiro atoms. The first-order valence-electron chi connectivity index (χ1n) is 5.99. The van der Waals surface area contributed by atoms with Crippen molar-refractivity contribution < 1.29 is 4.79 Å². The third-order valence-corrected chi connectivity index (χ3v) is 3.35. The van der Waals surface area contributed by atoms with Crippen LogP contribution in [0.5, 0.6) is 0 Å². The molecule has 0 unspecified atom stereocenters. The second-order valence-electron chi connectivity index (χ2n) is 4.45. The Morgan fingerprint density at radius 3 is 2.68 bits per heavy atom. The van der Waals surface area contributed by atoms with Gasteiger partial charge in [-0.3, -0.25) is 4.79 Å². The number of Topliss-reactive ketones (excluding diaryl/α,β-unsaturated/α-hetero) is 1. The highest BCUT2D eigenvalue weighted by atomic mass is 79.9. The Bertz CT molecular complexity index is 581. The highest BCUT2D eigenvalue weighted by molar-refractivity contribution is 9.10. The molecule has 1 heterocycles. The minimum Gasteiger partial charge on any atom is -0.355 e. The van der Waals surface area contributed by atoms with Gasteiger partial charge >= 0.3 is 0 Å². The van der Waals surface area contributed by atoms with Gasteiger partial charge in [-0.05, 0) is 36.8 Å². The fourth-order valence-electron chi connectivity index (χ4n) is 1.81. The van der Waals surface area contributed by atoms with Gasteiger partial charge in [-0.15, -0.1) is 0 Å². The summed E-state index contributed by atoms with van der Waals surface area (Å²) in [4.78, 5) is 17.6. The number of hydrogen-bond acceptors (Lipinski definition) is 3. The van der Waals surface area contributed by atoms with Crippen molar-refractivity contribution in [1.82, 2.24) is 4.98 Å². The average Bonchev–Trinajstić information content (AvgIpc) is 2.39. The largest absolute Gasteiger partial charge is 0.355 e. The Labute approximate surface area is 121 Å². The number of carbonyl (C=O) groups is 1. The third kappa shape index (κ3) is 3.64. The molecule has 0 fully saturated rings. The van der Waals surface area contributed by atoms with Crippen LogP contribution in [0.25, 0.3) is 0 Å². The molecule has 98 valence electrons. The SMILES string of the molecule is CC(=O)c1ccc(N(C)Cc2cccc(Br)c2)nc1. The van der Waals surface area contributed by atoms with Crippen LogP contribution in [0.4, 0.5) is 5.82 Å². The molecule has 1 aromatic heterocycles. The number of ketones is 1. The smallest absolute Gasteiger partial charge is 0.161 e. The minimum absolute atomic E-state index is 0.0358. The average molecular weight is 319 g/mol. The molecule has 0 bridgehead atoms. The van der Waals surface area contributed by atoms with Crippen molar-refractivity contribution >= 4 is 27.5 Å². The fraction of sp³-hybridized carbons (Fsp3) is 0.200. The van der Waals surface area contributed by atoms with Gasteiger partial charge in [0.1, 0.15) is 5.82 Å². The predicted octanol–water partition coefficient (Wildman–Crippen LogP) is 3.68. The fourth-order valence-corrected chi connectivity index (χ4v) is 2.26. The van der Waals surface area contributed by atoms with Crippen molar-refractivity contribution in [3.63, 3.8) is 0 Å². The number of rotatable bonds is 4. The van der Waals surface area contributed by atoms with Crippen molar-refractivity contribution in [2.75, 3.05) is 11.9 Å². The number of carbonyl (C=O) groups excluding carboxylic acids is 1. The van der Waals surface area contributed by atoms with E-state index in [1.54, 1.807) is 13.1 Å². The van der Waals surface area contributed by atoms with E-state index in [0.717, 1.165) is 16.8 Å². The summed E-state index contributed by atoms with van der Waals surface area (Å²) in [6.07, 6.45) is 1.62. The van der Waals surface area contributed by atoms with Crippen LogP contribution < -0.4 is 4.90 Å². The monoisotopic (exact) mass is 318 g/mol. The van der Waals surface area contributed by atoms with Gasteiger partial charge in [-0.25, -0.2) is 4.98 Å². The van der Waals surface area contributed by atoms with Gasteiger partial charge < -0.3 is 4.90 Å². The molecule has 2 rings (SSSR count). The highest BCUT2D eigenvalue weighted by Gasteiger charge is 2.05. The zero-order chi connectivity index (χ0) is 13.8. The van der Waals surface area contributed by atoms with Gasteiger partial charge in [0.25, 0.3) is 0 Å². The highest BCUT2D eigenvalue weighted by Crippen LogP contribution is 2.16. The van der Waals surface area contributed by atoms with E-state index in [9.17, 15) is 4.79 Å². The van der Waals surface area contributed by atoms with Crippen LogP contribution in [-0.4, -0.2) is 17.8 Å². The molecule has 0 atom stereocenters. The van der Waals surface area contributed by atoms with Crippen molar-refractivity contribution in [3.8, 4) is 0 Å². The zero-order valence-electron chi connectivity index (χ0n) is 10.9. The lowest BCUT2D eigenvalue weighted by atomic mass is 10.2. The van der Waals surface area contributed by atoms with E-state index in [0.29, 0.717) is 5.56 Å². The van der Waals surface area contributed by atoms with Crippen LogP contribution in [0.3, 0.4) is 0 Å².